The number of nitrogens with zero attached hydrogens (tertiary/aromatic N) is 1. The van der Waals surface area contributed by atoms with Gasteiger partial charge in [0.25, 0.3) is 5.91 Å². The number of hydrogen-bond donors (Lipinski definition) is 1. The van der Waals surface area contributed by atoms with Crippen molar-refractivity contribution in [3.05, 3.63) is 65.1 Å². The van der Waals surface area contributed by atoms with Crippen molar-refractivity contribution in [1.82, 2.24) is 9.88 Å². The Labute approximate surface area is 140 Å². The van der Waals surface area contributed by atoms with Gasteiger partial charge in [-0.1, -0.05) is 37.3 Å². The molecule has 1 atom stereocenters. The van der Waals surface area contributed by atoms with Gasteiger partial charge in [0, 0.05) is 29.4 Å². The van der Waals surface area contributed by atoms with Crippen LogP contribution in [0, 0.1) is 0 Å². The molecular weight excluding hydrogens is 304 g/mol. The van der Waals surface area contributed by atoms with E-state index in [0.29, 0.717) is 0 Å². The Morgan fingerprint density at radius 1 is 1.17 bits per heavy atom. The van der Waals surface area contributed by atoms with Gasteiger partial charge in [0.15, 0.2) is 0 Å². The van der Waals surface area contributed by atoms with Crippen LogP contribution in [-0.2, 0) is 0 Å². The SMILES string of the molecule is CC[C@H](C)NC(=O)c1scc(-c2ccccc2)c1-n1cccc1. The van der Waals surface area contributed by atoms with Gasteiger partial charge in [-0.25, -0.2) is 0 Å². The molecule has 1 N–H and O–H groups in total. The number of carbonyl (C=O) groups excluding carboxylic acids is 1. The van der Waals surface area contributed by atoms with Crippen LogP contribution in [0.5, 0.6) is 0 Å². The van der Waals surface area contributed by atoms with Crippen molar-refractivity contribution in [2.45, 2.75) is 26.3 Å². The van der Waals surface area contributed by atoms with Crippen molar-refractivity contribution in [2.24, 2.45) is 0 Å². The van der Waals surface area contributed by atoms with Gasteiger partial charge in [-0.3, -0.25) is 4.79 Å². The summed E-state index contributed by atoms with van der Waals surface area (Å²) >= 11 is 1.50. The number of nitrogens with one attached hydrogen (secondary N) is 1. The number of carbonyl (C=O) groups is 1. The summed E-state index contributed by atoms with van der Waals surface area (Å²) in [5, 5.41) is 5.14. The molecule has 0 aliphatic rings. The molecule has 3 nitrogen and oxygen atoms in total. The summed E-state index contributed by atoms with van der Waals surface area (Å²) in [6.45, 7) is 4.10. The van der Waals surface area contributed by atoms with Crippen LogP contribution >= 0.6 is 11.3 Å². The zero-order chi connectivity index (χ0) is 16.2. The molecule has 1 aromatic carbocycles. The van der Waals surface area contributed by atoms with Gasteiger partial charge in [0.05, 0.1) is 5.69 Å². The average molecular weight is 324 g/mol. The van der Waals surface area contributed by atoms with Crippen molar-refractivity contribution in [3.8, 4) is 16.8 Å². The van der Waals surface area contributed by atoms with Gasteiger partial charge in [0.1, 0.15) is 4.88 Å². The van der Waals surface area contributed by atoms with E-state index in [9.17, 15) is 4.79 Å². The monoisotopic (exact) mass is 324 g/mol. The van der Waals surface area contributed by atoms with E-state index < -0.39 is 0 Å². The lowest BCUT2D eigenvalue weighted by atomic mass is 10.1. The lowest BCUT2D eigenvalue weighted by molar-refractivity contribution is 0.0943. The molecule has 0 spiro atoms. The van der Waals surface area contributed by atoms with E-state index >= 15 is 0 Å². The molecule has 2 aromatic heterocycles. The summed E-state index contributed by atoms with van der Waals surface area (Å²) in [7, 11) is 0. The van der Waals surface area contributed by atoms with Crippen LogP contribution in [0.2, 0.25) is 0 Å². The molecule has 0 radical (unpaired) electrons. The Hall–Kier alpha value is -2.33. The first-order valence-electron chi connectivity index (χ1n) is 7.81. The fourth-order valence-electron chi connectivity index (χ4n) is 2.47. The first-order chi connectivity index (χ1) is 11.2. The van der Waals surface area contributed by atoms with Gasteiger partial charge < -0.3 is 9.88 Å². The second-order valence-electron chi connectivity index (χ2n) is 5.57. The van der Waals surface area contributed by atoms with Crippen LogP contribution in [0.1, 0.15) is 29.9 Å². The van der Waals surface area contributed by atoms with E-state index in [1.54, 1.807) is 0 Å². The first kappa shape index (κ1) is 15.6. The van der Waals surface area contributed by atoms with Gasteiger partial charge in [-0.15, -0.1) is 11.3 Å². The van der Waals surface area contributed by atoms with Crippen LogP contribution in [-0.4, -0.2) is 16.5 Å². The highest BCUT2D eigenvalue weighted by atomic mass is 32.1. The highest BCUT2D eigenvalue weighted by Gasteiger charge is 2.20. The Morgan fingerprint density at radius 3 is 2.52 bits per heavy atom. The Morgan fingerprint density at radius 2 is 1.87 bits per heavy atom. The number of amides is 1. The summed E-state index contributed by atoms with van der Waals surface area (Å²) in [5.74, 6) is -0.00442. The molecule has 1 amide bonds. The third kappa shape index (κ3) is 3.22. The predicted molar refractivity (Wildman–Crippen MR) is 96.3 cm³/mol. The van der Waals surface area contributed by atoms with Crippen molar-refractivity contribution in [3.63, 3.8) is 0 Å². The Bertz CT molecular complexity index is 775. The van der Waals surface area contributed by atoms with Crippen molar-refractivity contribution in [2.75, 3.05) is 0 Å². The molecule has 0 unspecified atom stereocenters. The molecule has 3 aromatic rings. The zero-order valence-corrected chi connectivity index (χ0v) is 14.1. The number of thiophene rings is 1. The zero-order valence-electron chi connectivity index (χ0n) is 13.3. The fourth-order valence-corrected chi connectivity index (χ4v) is 3.44. The van der Waals surface area contributed by atoms with E-state index in [1.807, 2.05) is 54.2 Å². The number of aromatic nitrogens is 1. The Balaban J connectivity index is 2.08. The van der Waals surface area contributed by atoms with Gasteiger partial charge in [-0.2, -0.15) is 0 Å². The second-order valence-corrected chi connectivity index (χ2v) is 6.45. The smallest absolute Gasteiger partial charge is 0.263 e. The predicted octanol–water partition coefficient (Wildman–Crippen LogP) is 4.73. The second kappa shape index (κ2) is 6.84. The molecule has 118 valence electrons. The maximum Gasteiger partial charge on any atom is 0.263 e. The normalized spacial score (nSPS) is 12.1. The lowest BCUT2D eigenvalue weighted by Crippen LogP contribution is -2.31. The Kier molecular flexibility index (Phi) is 4.63. The molecule has 0 saturated carbocycles. The highest BCUT2D eigenvalue weighted by molar-refractivity contribution is 7.13. The summed E-state index contributed by atoms with van der Waals surface area (Å²) in [6.07, 6.45) is 4.88. The largest absolute Gasteiger partial charge is 0.349 e. The topological polar surface area (TPSA) is 34.0 Å². The summed E-state index contributed by atoms with van der Waals surface area (Å²) in [4.78, 5) is 13.4. The quantitative estimate of drug-likeness (QED) is 0.723. The minimum atomic E-state index is -0.00442. The molecular formula is C19H20N2OS. The van der Waals surface area contributed by atoms with Crippen molar-refractivity contribution >= 4 is 17.2 Å². The average Bonchev–Trinajstić information content (AvgIpc) is 3.24. The van der Waals surface area contributed by atoms with Crippen molar-refractivity contribution < 1.29 is 4.79 Å². The molecule has 0 aliphatic heterocycles. The summed E-state index contributed by atoms with van der Waals surface area (Å²) in [5.41, 5.74) is 3.16. The lowest BCUT2D eigenvalue weighted by Gasteiger charge is -2.13. The van der Waals surface area contributed by atoms with Gasteiger partial charge in [0.2, 0.25) is 0 Å². The maximum atomic E-state index is 12.7. The minimum absolute atomic E-state index is 0.00442. The van der Waals surface area contributed by atoms with Crippen LogP contribution < -0.4 is 5.32 Å². The first-order valence-corrected chi connectivity index (χ1v) is 8.69. The molecule has 0 fully saturated rings. The summed E-state index contributed by atoms with van der Waals surface area (Å²) < 4.78 is 2.02. The molecule has 3 rings (SSSR count). The van der Waals surface area contributed by atoms with Crippen LogP contribution in [0.3, 0.4) is 0 Å². The van der Waals surface area contributed by atoms with Crippen LogP contribution in [0.15, 0.2) is 60.2 Å². The van der Waals surface area contributed by atoms with E-state index in [4.69, 9.17) is 0 Å². The van der Waals surface area contributed by atoms with Crippen LogP contribution in [0.25, 0.3) is 16.8 Å². The van der Waals surface area contributed by atoms with Crippen molar-refractivity contribution in [1.29, 1.82) is 0 Å². The number of rotatable bonds is 5. The van der Waals surface area contributed by atoms with Gasteiger partial charge >= 0.3 is 0 Å². The molecule has 23 heavy (non-hydrogen) atoms. The molecule has 0 saturated heterocycles. The standard InChI is InChI=1S/C19H20N2OS/c1-3-14(2)20-19(22)18-17(21-11-7-8-12-21)16(13-23-18)15-9-5-4-6-10-15/h4-14H,3H2,1-2H3,(H,20,22)/t14-/m0/s1. The highest BCUT2D eigenvalue weighted by Crippen LogP contribution is 2.34. The molecule has 0 bridgehead atoms. The van der Waals surface area contributed by atoms with Crippen LogP contribution in [0.4, 0.5) is 0 Å². The molecule has 2 heterocycles. The molecule has 0 aliphatic carbocycles. The number of hydrogen-bond acceptors (Lipinski definition) is 2. The van der Waals surface area contributed by atoms with E-state index in [-0.39, 0.29) is 11.9 Å². The molecule has 4 heteroatoms. The summed E-state index contributed by atoms with van der Waals surface area (Å²) in [6, 6.07) is 14.3. The fraction of sp³-hybridized carbons (Fsp3) is 0.211. The van der Waals surface area contributed by atoms with E-state index in [0.717, 1.165) is 28.1 Å². The third-order valence-electron chi connectivity index (χ3n) is 3.91. The third-order valence-corrected chi connectivity index (χ3v) is 4.88. The van der Waals surface area contributed by atoms with E-state index in [1.165, 1.54) is 11.3 Å². The number of benzene rings is 1. The van der Waals surface area contributed by atoms with Gasteiger partial charge in [-0.05, 0) is 31.0 Å². The minimum Gasteiger partial charge on any atom is -0.349 e. The van der Waals surface area contributed by atoms with E-state index in [2.05, 4.69) is 29.8 Å². The maximum absolute atomic E-state index is 12.7.